The van der Waals surface area contributed by atoms with Gasteiger partial charge in [-0.15, -0.1) is 11.3 Å². The molecule has 0 unspecified atom stereocenters. The van der Waals surface area contributed by atoms with E-state index in [2.05, 4.69) is 33.9 Å². The lowest BCUT2D eigenvalue weighted by atomic mass is 10.0. The Labute approximate surface area is 228 Å². The van der Waals surface area contributed by atoms with Crippen LogP contribution in [-0.2, 0) is 4.57 Å². The van der Waals surface area contributed by atoms with E-state index in [1.165, 1.54) is 11.3 Å². The Hall–Kier alpha value is -3.29. The number of alkyl halides is 1. The number of hydrogen-bond donors (Lipinski definition) is 2. The van der Waals surface area contributed by atoms with E-state index in [9.17, 15) is 8.96 Å². The molecule has 1 aliphatic heterocycles. The average molecular weight is 551 g/mol. The SMILES string of the molecule is [C-]#[N+]C(=C)c1c(C#CCNc2ccc(P(C)(C)=O)cc2OC)sc2c(N[C@H]3CCN(C)C[C@H]3F)cccc12. The fourth-order valence-electron chi connectivity index (χ4n) is 4.51. The van der Waals surface area contributed by atoms with Gasteiger partial charge in [-0.3, -0.25) is 0 Å². The molecule has 2 aromatic carbocycles. The van der Waals surface area contributed by atoms with Crippen molar-refractivity contribution < 1.29 is 13.7 Å². The van der Waals surface area contributed by atoms with Crippen molar-refractivity contribution in [3.63, 3.8) is 0 Å². The number of nitrogens with one attached hydrogen (secondary N) is 2. The summed E-state index contributed by atoms with van der Waals surface area (Å²) in [4.78, 5) is 6.34. The summed E-state index contributed by atoms with van der Waals surface area (Å²) < 4.78 is 33.6. The van der Waals surface area contributed by atoms with Gasteiger partial charge in [0.1, 0.15) is 19.1 Å². The number of hydrogen-bond acceptors (Lipinski definition) is 6. The van der Waals surface area contributed by atoms with Gasteiger partial charge in [-0.05, 0) is 56.4 Å². The van der Waals surface area contributed by atoms with E-state index >= 15 is 0 Å². The maximum atomic E-state index is 14.7. The Bertz CT molecular complexity index is 1510. The summed E-state index contributed by atoms with van der Waals surface area (Å²) in [6.45, 7) is 16.6. The average Bonchev–Trinajstić information content (AvgIpc) is 3.26. The zero-order valence-corrected chi connectivity index (χ0v) is 23.8. The van der Waals surface area contributed by atoms with Gasteiger partial charge in [0.05, 0.1) is 47.2 Å². The number of rotatable bonds is 7. The zero-order valence-electron chi connectivity index (χ0n) is 22.1. The second kappa shape index (κ2) is 11.6. The van der Waals surface area contributed by atoms with Crippen molar-refractivity contribution in [3.05, 3.63) is 64.8 Å². The topological polar surface area (TPSA) is 58.0 Å². The fourth-order valence-corrected chi connectivity index (χ4v) is 6.54. The minimum absolute atomic E-state index is 0.263. The van der Waals surface area contributed by atoms with Crippen LogP contribution in [0.1, 0.15) is 16.9 Å². The smallest absolute Gasteiger partial charge is 0.190 e. The monoisotopic (exact) mass is 550 g/mol. The van der Waals surface area contributed by atoms with Crippen molar-refractivity contribution in [1.82, 2.24) is 4.90 Å². The molecule has 0 saturated carbocycles. The quantitative estimate of drug-likeness (QED) is 0.216. The van der Waals surface area contributed by atoms with Gasteiger partial charge in [0.15, 0.2) is 5.70 Å². The number of ether oxygens (including phenoxy) is 1. The number of benzene rings is 2. The van der Waals surface area contributed by atoms with Gasteiger partial charge in [-0.1, -0.05) is 30.6 Å². The van der Waals surface area contributed by atoms with Crippen molar-refractivity contribution in [2.24, 2.45) is 0 Å². The molecule has 3 aromatic rings. The molecule has 1 aliphatic rings. The van der Waals surface area contributed by atoms with E-state index in [0.717, 1.165) is 50.2 Å². The lowest BCUT2D eigenvalue weighted by Crippen LogP contribution is -2.46. The van der Waals surface area contributed by atoms with Gasteiger partial charge < -0.3 is 24.8 Å². The highest BCUT2D eigenvalue weighted by molar-refractivity contribution is 7.70. The predicted molar refractivity (Wildman–Crippen MR) is 159 cm³/mol. The number of thiophene rings is 1. The summed E-state index contributed by atoms with van der Waals surface area (Å²) >= 11 is 1.49. The molecule has 0 amide bonds. The number of nitrogens with zero attached hydrogens (tertiary/aromatic N) is 2. The molecule has 2 atom stereocenters. The highest BCUT2D eigenvalue weighted by atomic mass is 32.1. The van der Waals surface area contributed by atoms with Crippen LogP contribution in [0.4, 0.5) is 15.8 Å². The van der Waals surface area contributed by atoms with Crippen molar-refractivity contribution in [2.45, 2.75) is 18.6 Å². The first-order valence-electron chi connectivity index (χ1n) is 12.3. The fraction of sp³-hybridized carbons (Fsp3) is 0.345. The first-order chi connectivity index (χ1) is 18.1. The number of likely N-dealkylation sites (tertiary alicyclic amines) is 1. The number of fused-ring (bicyclic) bond motifs is 1. The minimum atomic E-state index is -2.40. The minimum Gasteiger partial charge on any atom is -0.495 e. The Morgan fingerprint density at radius 3 is 2.82 bits per heavy atom. The number of halogens is 1. The molecule has 198 valence electrons. The van der Waals surface area contributed by atoms with Crippen LogP contribution in [0.25, 0.3) is 20.6 Å². The van der Waals surface area contributed by atoms with Crippen LogP contribution >= 0.6 is 18.5 Å². The lowest BCUT2D eigenvalue weighted by Gasteiger charge is -2.33. The molecule has 38 heavy (non-hydrogen) atoms. The molecule has 1 fully saturated rings. The summed E-state index contributed by atoms with van der Waals surface area (Å²) in [5.74, 6) is 6.97. The Morgan fingerprint density at radius 2 is 2.13 bits per heavy atom. The zero-order chi connectivity index (χ0) is 27.4. The van der Waals surface area contributed by atoms with Crippen molar-refractivity contribution >= 4 is 50.9 Å². The molecule has 2 N–H and O–H groups in total. The maximum absolute atomic E-state index is 14.7. The number of methoxy groups -OCH3 is 1. The van der Waals surface area contributed by atoms with Crippen molar-refractivity contribution in [3.8, 4) is 17.6 Å². The molecule has 2 heterocycles. The van der Waals surface area contributed by atoms with Crippen molar-refractivity contribution in [2.75, 3.05) is 57.8 Å². The van der Waals surface area contributed by atoms with Gasteiger partial charge >= 0.3 is 0 Å². The molecule has 4 rings (SSSR count). The third-order valence-corrected chi connectivity index (χ3v) is 9.28. The molecular weight excluding hydrogens is 518 g/mol. The van der Waals surface area contributed by atoms with E-state index < -0.39 is 13.3 Å². The van der Waals surface area contributed by atoms with Crippen LogP contribution in [0.15, 0.2) is 43.0 Å². The van der Waals surface area contributed by atoms with Crippen LogP contribution in [0.5, 0.6) is 5.75 Å². The molecule has 0 radical (unpaired) electrons. The van der Waals surface area contributed by atoms with Gasteiger partial charge in [-0.2, -0.15) is 0 Å². The summed E-state index contributed by atoms with van der Waals surface area (Å²) in [6, 6.07) is 11.0. The van der Waals surface area contributed by atoms with E-state index in [0.29, 0.717) is 24.5 Å². The summed E-state index contributed by atoms with van der Waals surface area (Å²) in [5, 5.41) is 8.32. The first kappa shape index (κ1) is 27.7. The van der Waals surface area contributed by atoms with Crippen LogP contribution in [0.3, 0.4) is 0 Å². The Kier molecular flexibility index (Phi) is 8.48. The summed E-state index contributed by atoms with van der Waals surface area (Å²) in [5.41, 5.74) is 2.66. The second-order valence-corrected chi connectivity index (χ2v) is 14.0. The third-order valence-electron chi connectivity index (χ3n) is 6.60. The van der Waals surface area contributed by atoms with Crippen LogP contribution < -0.4 is 20.7 Å². The highest BCUT2D eigenvalue weighted by Gasteiger charge is 2.28. The molecule has 6 nitrogen and oxygen atoms in total. The van der Waals surface area contributed by atoms with Gasteiger partial charge in [0, 0.05) is 24.0 Å². The van der Waals surface area contributed by atoms with Crippen LogP contribution in [-0.4, -0.2) is 64.2 Å². The summed E-state index contributed by atoms with van der Waals surface area (Å²) in [6.07, 6.45) is -0.239. The van der Waals surface area contributed by atoms with Gasteiger partial charge in [0.25, 0.3) is 0 Å². The normalized spacial score (nSPS) is 17.8. The standard InChI is InChI=1S/C29H32FN4O2PS/c1-19(31-2)28-21-9-7-10-25(33-23-14-16-34(3)18-22(23)30)29(21)38-27(28)11-8-15-32-24-13-12-20(37(5,6)35)17-26(24)36-4/h7,9-10,12-13,17,22-23,32-33H,1,14-16,18H2,3-6H3/t22-,23+/m1/s1. The molecule has 0 spiro atoms. The molecular formula is C29H32FN4O2PS. The van der Waals surface area contributed by atoms with Crippen LogP contribution in [0.2, 0.25) is 0 Å². The van der Waals surface area contributed by atoms with E-state index in [4.69, 9.17) is 11.3 Å². The number of piperidine rings is 1. The van der Waals surface area contributed by atoms with Crippen LogP contribution in [0, 0.1) is 18.4 Å². The first-order valence-corrected chi connectivity index (χ1v) is 15.7. The second-order valence-electron chi connectivity index (χ2n) is 9.76. The molecule has 1 aromatic heterocycles. The molecule has 1 saturated heterocycles. The van der Waals surface area contributed by atoms with E-state index in [-0.39, 0.29) is 6.04 Å². The van der Waals surface area contributed by atoms with E-state index in [1.807, 2.05) is 42.3 Å². The van der Waals surface area contributed by atoms with Gasteiger partial charge in [-0.25, -0.2) is 9.24 Å². The number of anilines is 2. The summed E-state index contributed by atoms with van der Waals surface area (Å²) in [7, 11) is 1.11. The van der Waals surface area contributed by atoms with Gasteiger partial charge in [0.2, 0.25) is 0 Å². The molecule has 0 aliphatic carbocycles. The predicted octanol–water partition coefficient (Wildman–Crippen LogP) is 5.97. The Balaban J connectivity index is 1.60. The van der Waals surface area contributed by atoms with Crippen molar-refractivity contribution in [1.29, 1.82) is 0 Å². The maximum Gasteiger partial charge on any atom is 0.190 e. The molecule has 9 heteroatoms. The highest BCUT2D eigenvalue weighted by Crippen LogP contribution is 2.40. The largest absolute Gasteiger partial charge is 0.495 e. The third kappa shape index (κ3) is 6.05. The van der Waals surface area contributed by atoms with E-state index in [1.54, 1.807) is 26.5 Å². The Morgan fingerprint density at radius 1 is 1.34 bits per heavy atom. The lowest BCUT2D eigenvalue weighted by molar-refractivity contribution is 0.149. The molecule has 0 bridgehead atoms.